The fraction of sp³-hybridized carbons (Fsp3) is 0.0351. The number of para-hydroxylation sites is 2. The average Bonchev–Trinajstić information content (AvgIpc) is 3.86. The molecule has 0 fully saturated rings. The van der Waals surface area contributed by atoms with Crippen molar-refractivity contribution >= 4 is 49.4 Å². The second kappa shape index (κ2) is 14.9. The Morgan fingerprint density at radius 2 is 0.935 bits per heavy atom. The Hall–Kier alpha value is -7.99. The van der Waals surface area contributed by atoms with Gasteiger partial charge in [0.05, 0.1) is 27.8 Å². The second-order valence-electron chi connectivity index (χ2n) is 16.0. The summed E-state index contributed by atoms with van der Waals surface area (Å²) in [5, 5.41) is 12.6. The fourth-order valence-electron chi connectivity index (χ4n) is 9.60. The molecule has 62 heavy (non-hydrogen) atoms. The minimum Gasteiger partial charge on any atom is -0.337 e. The zero-order valence-corrected chi connectivity index (χ0v) is 33.9. The van der Waals surface area contributed by atoms with Gasteiger partial charge < -0.3 is 14.5 Å². The molecule has 12 rings (SSSR count). The van der Waals surface area contributed by atoms with Crippen molar-refractivity contribution in [2.75, 3.05) is 0 Å². The van der Waals surface area contributed by atoms with E-state index in [0.29, 0.717) is 0 Å². The van der Waals surface area contributed by atoms with Gasteiger partial charge in [-0.3, -0.25) is 5.32 Å². The third kappa shape index (κ3) is 6.01. The molecule has 3 heterocycles. The number of fused-ring (bicyclic) bond motifs is 6. The van der Waals surface area contributed by atoms with Crippen LogP contribution in [0, 0.1) is 0 Å². The number of amidine groups is 1. The molecule has 1 aliphatic rings. The van der Waals surface area contributed by atoms with E-state index in [2.05, 4.69) is 244 Å². The molecule has 2 atom stereocenters. The highest BCUT2D eigenvalue weighted by molar-refractivity contribution is 6.19. The lowest BCUT2D eigenvalue weighted by Gasteiger charge is -2.33. The molecule has 2 unspecified atom stereocenters. The minimum absolute atomic E-state index is 0.310. The predicted molar refractivity (Wildman–Crippen MR) is 258 cm³/mol. The first kappa shape index (κ1) is 35.9. The van der Waals surface area contributed by atoms with E-state index in [0.717, 1.165) is 44.8 Å². The quantitative estimate of drug-likeness (QED) is 0.169. The maximum Gasteiger partial charge on any atom is 0.162 e. The van der Waals surface area contributed by atoms with E-state index in [1.165, 1.54) is 54.9 Å². The molecule has 0 saturated carbocycles. The summed E-state index contributed by atoms with van der Waals surface area (Å²) in [6.45, 7) is 0. The minimum atomic E-state index is -0.325. The van der Waals surface area contributed by atoms with Gasteiger partial charge in [0.15, 0.2) is 6.29 Å². The van der Waals surface area contributed by atoms with Crippen LogP contribution in [0.15, 0.2) is 229 Å². The Balaban J connectivity index is 1.08. The summed E-state index contributed by atoms with van der Waals surface area (Å²) in [4.78, 5) is 5.34. The molecular formula is C57H41N5. The third-order valence-corrected chi connectivity index (χ3v) is 12.4. The van der Waals surface area contributed by atoms with Gasteiger partial charge >= 0.3 is 0 Å². The lowest BCUT2D eigenvalue weighted by atomic mass is 9.93. The van der Waals surface area contributed by atoms with Crippen molar-refractivity contribution in [3.05, 3.63) is 236 Å². The average molecular weight is 796 g/mol. The van der Waals surface area contributed by atoms with Crippen LogP contribution in [0.25, 0.3) is 82.7 Å². The monoisotopic (exact) mass is 795 g/mol. The van der Waals surface area contributed by atoms with Crippen molar-refractivity contribution in [3.8, 4) is 39.1 Å². The maximum atomic E-state index is 5.34. The number of aliphatic imine (C=N–C) groups is 1. The first-order valence-corrected chi connectivity index (χ1v) is 21.3. The lowest BCUT2D eigenvalue weighted by Crippen LogP contribution is -2.47. The van der Waals surface area contributed by atoms with Gasteiger partial charge in [-0.1, -0.05) is 188 Å². The standard InChI is InChI=1S/C57H41N5/c1-5-19-38(20-6-1)42-27-17-28-43(35-42)56-58-55(41-25-11-4-12-26-41)59-57(60-56)62-50-33-16-14-30-46(50)48-36-52-47(37-53(48)62)45-29-13-15-32-49(45)61(52)51-34-18-31-44(39-21-7-2-8-22-39)54(51)40-23-9-3-10-24-40/h1-37,56-57,60H,(H,58,59). The lowest BCUT2D eigenvalue weighted by molar-refractivity contribution is 0.329. The summed E-state index contributed by atoms with van der Waals surface area (Å²) in [5.41, 5.74) is 15.0. The Labute approximate surface area is 359 Å². The molecule has 1 aliphatic heterocycles. The van der Waals surface area contributed by atoms with E-state index in [1.54, 1.807) is 0 Å². The van der Waals surface area contributed by atoms with Gasteiger partial charge in [0.2, 0.25) is 0 Å². The normalized spacial score (nSPS) is 15.3. The van der Waals surface area contributed by atoms with Gasteiger partial charge in [0.25, 0.3) is 0 Å². The number of hydrogen-bond donors (Lipinski definition) is 2. The molecule has 294 valence electrons. The molecule has 5 nitrogen and oxygen atoms in total. The van der Waals surface area contributed by atoms with Gasteiger partial charge in [-0.2, -0.15) is 0 Å². The van der Waals surface area contributed by atoms with Crippen molar-refractivity contribution in [3.63, 3.8) is 0 Å². The highest BCUT2D eigenvalue weighted by atomic mass is 15.4. The summed E-state index contributed by atoms with van der Waals surface area (Å²) in [5.74, 6) is 0.847. The van der Waals surface area contributed by atoms with Crippen LogP contribution < -0.4 is 10.6 Å². The van der Waals surface area contributed by atoms with Crippen LogP contribution in [0.4, 0.5) is 0 Å². The number of rotatable bonds is 7. The smallest absolute Gasteiger partial charge is 0.162 e. The van der Waals surface area contributed by atoms with Crippen molar-refractivity contribution < 1.29 is 0 Å². The Bertz CT molecular complexity index is 3460. The molecule has 9 aromatic carbocycles. The van der Waals surface area contributed by atoms with E-state index < -0.39 is 0 Å². The molecule has 2 aromatic heterocycles. The Morgan fingerprint density at radius 3 is 1.66 bits per heavy atom. The van der Waals surface area contributed by atoms with Gasteiger partial charge in [-0.05, 0) is 69.8 Å². The summed E-state index contributed by atoms with van der Waals surface area (Å²) < 4.78 is 4.92. The molecule has 0 saturated heterocycles. The van der Waals surface area contributed by atoms with Crippen LogP contribution in [-0.4, -0.2) is 15.0 Å². The fourth-order valence-corrected chi connectivity index (χ4v) is 9.60. The second-order valence-corrected chi connectivity index (χ2v) is 16.0. The number of nitrogens with zero attached hydrogens (tertiary/aromatic N) is 3. The van der Waals surface area contributed by atoms with Crippen LogP contribution in [-0.2, 0) is 0 Å². The van der Waals surface area contributed by atoms with Crippen LogP contribution in [0.3, 0.4) is 0 Å². The zero-order chi connectivity index (χ0) is 41.0. The predicted octanol–water partition coefficient (Wildman–Crippen LogP) is 13.7. The molecule has 5 heteroatoms. The first-order chi connectivity index (χ1) is 30.8. The zero-order valence-electron chi connectivity index (χ0n) is 33.9. The number of hydrogen-bond acceptors (Lipinski definition) is 3. The van der Waals surface area contributed by atoms with Crippen LogP contribution >= 0.6 is 0 Å². The van der Waals surface area contributed by atoms with Crippen molar-refractivity contribution in [1.29, 1.82) is 0 Å². The molecule has 11 aromatic rings. The first-order valence-electron chi connectivity index (χ1n) is 21.3. The van der Waals surface area contributed by atoms with Crippen LogP contribution in [0.1, 0.15) is 23.6 Å². The Kier molecular flexibility index (Phi) is 8.65. The summed E-state index contributed by atoms with van der Waals surface area (Å²) >= 11 is 0. The summed E-state index contributed by atoms with van der Waals surface area (Å²) in [7, 11) is 0. The van der Waals surface area contributed by atoms with Crippen molar-refractivity contribution in [1.82, 2.24) is 19.8 Å². The molecule has 0 bridgehead atoms. The van der Waals surface area contributed by atoms with Crippen molar-refractivity contribution in [2.24, 2.45) is 4.99 Å². The van der Waals surface area contributed by atoms with E-state index in [9.17, 15) is 0 Å². The highest BCUT2D eigenvalue weighted by Gasteiger charge is 2.29. The highest BCUT2D eigenvalue weighted by Crippen LogP contribution is 2.44. The van der Waals surface area contributed by atoms with Crippen LogP contribution in [0.5, 0.6) is 0 Å². The van der Waals surface area contributed by atoms with Gasteiger partial charge in [-0.25, -0.2) is 4.99 Å². The molecule has 0 amide bonds. The largest absolute Gasteiger partial charge is 0.337 e. The molecule has 0 radical (unpaired) electrons. The van der Waals surface area contributed by atoms with E-state index >= 15 is 0 Å². The molecule has 2 N–H and O–H groups in total. The van der Waals surface area contributed by atoms with E-state index in [1.807, 2.05) is 0 Å². The SMILES string of the molecule is c1ccc(C2=NC(c3cccc(-c4ccccc4)c3)NC(n3c4ccccc4c4cc5c(cc43)c3ccccc3n5-c3cccc(-c4ccccc4)c3-c3ccccc3)N2)cc1. The third-order valence-electron chi connectivity index (χ3n) is 12.4. The topological polar surface area (TPSA) is 46.3 Å². The van der Waals surface area contributed by atoms with Crippen LogP contribution in [0.2, 0.25) is 0 Å². The molecular weight excluding hydrogens is 755 g/mol. The summed E-state index contributed by atoms with van der Waals surface area (Å²) in [6, 6.07) is 80.6. The van der Waals surface area contributed by atoms with E-state index in [-0.39, 0.29) is 12.5 Å². The van der Waals surface area contributed by atoms with Crippen molar-refractivity contribution in [2.45, 2.75) is 12.5 Å². The maximum absolute atomic E-state index is 5.34. The summed E-state index contributed by atoms with van der Waals surface area (Å²) in [6.07, 6.45) is -0.635. The molecule has 0 aliphatic carbocycles. The van der Waals surface area contributed by atoms with Gasteiger partial charge in [0.1, 0.15) is 12.0 Å². The van der Waals surface area contributed by atoms with Gasteiger partial charge in [0, 0.05) is 32.7 Å². The Morgan fingerprint density at radius 1 is 0.387 bits per heavy atom. The number of aromatic nitrogens is 2. The van der Waals surface area contributed by atoms with E-state index in [4.69, 9.17) is 4.99 Å². The number of benzene rings is 9. The number of nitrogens with one attached hydrogen (secondary N) is 2. The molecule has 0 spiro atoms. The van der Waals surface area contributed by atoms with Gasteiger partial charge in [-0.15, -0.1) is 0 Å².